The van der Waals surface area contributed by atoms with E-state index in [-0.39, 0.29) is 6.54 Å². The summed E-state index contributed by atoms with van der Waals surface area (Å²) >= 11 is 0. The lowest BCUT2D eigenvalue weighted by Crippen LogP contribution is -2.62. The van der Waals surface area contributed by atoms with Crippen LogP contribution in [0.5, 0.6) is 0 Å². The molecule has 2 aliphatic heterocycles. The zero-order valence-electron chi connectivity index (χ0n) is 10.6. The Kier molecular flexibility index (Phi) is 4.95. The van der Waals surface area contributed by atoms with Crippen molar-refractivity contribution in [2.75, 3.05) is 13.2 Å². The van der Waals surface area contributed by atoms with Crippen LogP contribution in [0.25, 0.3) is 0 Å². The van der Waals surface area contributed by atoms with E-state index in [0.717, 1.165) is 0 Å². The molecule has 1 unspecified atom stereocenters. The zero-order chi connectivity index (χ0) is 15.0. The van der Waals surface area contributed by atoms with Gasteiger partial charge in [-0.05, 0) is 0 Å². The van der Waals surface area contributed by atoms with Crippen LogP contribution in [0.4, 0.5) is 0 Å². The van der Waals surface area contributed by atoms with Crippen LogP contribution in [-0.2, 0) is 4.74 Å². The van der Waals surface area contributed by atoms with E-state index in [9.17, 15) is 30.6 Å². The average Bonchev–Trinajstić information content (AvgIpc) is 2.74. The Hall–Kier alpha value is -0.360. The molecule has 9 nitrogen and oxygen atoms in total. The molecule has 0 bridgehead atoms. The van der Waals surface area contributed by atoms with Crippen molar-refractivity contribution in [2.24, 2.45) is 5.92 Å². The molecule has 118 valence electrons. The van der Waals surface area contributed by atoms with Gasteiger partial charge in [0.15, 0.2) is 6.29 Å². The van der Waals surface area contributed by atoms with E-state index in [4.69, 9.17) is 9.84 Å². The lowest BCUT2D eigenvalue weighted by Gasteiger charge is -2.43. The molecule has 0 aromatic rings. The smallest absolute Gasteiger partial charge is 0.181 e. The van der Waals surface area contributed by atoms with Crippen LogP contribution in [0.2, 0.25) is 0 Å². The summed E-state index contributed by atoms with van der Waals surface area (Å²) in [6.45, 7) is -0.540. The zero-order valence-corrected chi connectivity index (χ0v) is 10.6. The Bertz CT molecular complexity index is 332. The summed E-state index contributed by atoms with van der Waals surface area (Å²) < 4.78 is 4.81. The number of nitrogens with one attached hydrogen (secondary N) is 1. The van der Waals surface area contributed by atoms with Crippen molar-refractivity contribution in [1.29, 1.82) is 0 Å². The van der Waals surface area contributed by atoms with Crippen molar-refractivity contribution >= 4 is 0 Å². The third kappa shape index (κ3) is 2.69. The average molecular weight is 295 g/mol. The fourth-order valence-corrected chi connectivity index (χ4v) is 2.83. The number of aliphatic hydroxyl groups excluding tert-OH is 7. The van der Waals surface area contributed by atoms with E-state index in [1.807, 2.05) is 0 Å². The maximum Gasteiger partial charge on any atom is 0.181 e. The van der Waals surface area contributed by atoms with Gasteiger partial charge in [0, 0.05) is 12.5 Å². The van der Waals surface area contributed by atoms with E-state index in [2.05, 4.69) is 5.32 Å². The molecule has 2 rings (SSSR count). The maximum absolute atomic E-state index is 10.2. The molecule has 0 saturated carbocycles. The number of aliphatic hydroxyl groups is 7. The minimum absolute atomic E-state index is 0.0598. The Labute approximate surface area is 115 Å². The maximum atomic E-state index is 10.2. The summed E-state index contributed by atoms with van der Waals surface area (Å²) in [4.78, 5) is 0. The van der Waals surface area contributed by atoms with E-state index in [1.165, 1.54) is 0 Å². The molecule has 2 saturated heterocycles. The summed E-state index contributed by atoms with van der Waals surface area (Å²) in [6, 6.07) is -0.969. The fraction of sp³-hybridized carbons (Fsp3) is 1.00. The SMILES string of the molecule is OC[C@H]1OC(O)[C@H](O)[C@@H]([C@H](O)[C@H]2NC[C@@H](O)[C@H]2O)[C@H]1O. The van der Waals surface area contributed by atoms with Gasteiger partial charge in [-0.15, -0.1) is 0 Å². The highest BCUT2D eigenvalue weighted by Gasteiger charge is 2.51. The van der Waals surface area contributed by atoms with E-state index >= 15 is 0 Å². The van der Waals surface area contributed by atoms with E-state index < -0.39 is 61.5 Å². The second-order valence-corrected chi connectivity index (χ2v) is 5.29. The van der Waals surface area contributed by atoms with Crippen LogP contribution in [-0.4, -0.2) is 97.9 Å². The molecule has 8 N–H and O–H groups in total. The molecular weight excluding hydrogens is 274 g/mol. The van der Waals surface area contributed by atoms with Crippen molar-refractivity contribution in [3.63, 3.8) is 0 Å². The van der Waals surface area contributed by atoms with Gasteiger partial charge in [0.1, 0.15) is 12.2 Å². The molecular formula is C11H21NO8. The molecule has 0 spiro atoms. The summed E-state index contributed by atoms with van der Waals surface area (Å²) in [5.41, 5.74) is 0. The number of β-amino-alcohol motifs (C(OH)–C–C–N with tert-alkyl or cyclic N) is 1. The third-order valence-electron chi connectivity index (χ3n) is 4.04. The van der Waals surface area contributed by atoms with Crippen molar-refractivity contribution in [3.05, 3.63) is 0 Å². The number of hydrogen-bond donors (Lipinski definition) is 8. The monoisotopic (exact) mass is 295 g/mol. The standard InChI is InChI=1S/C11H21NO8/c13-2-4-8(16)5(10(18)11(19)20-4)9(17)6-7(15)3(14)1-12-6/h3-19H,1-2H2/t3-,4-,5-,6+,7-,8+,9+,10-,11?/m1/s1. The highest BCUT2D eigenvalue weighted by Crippen LogP contribution is 2.30. The first-order chi connectivity index (χ1) is 9.38. The van der Waals surface area contributed by atoms with Crippen molar-refractivity contribution in [2.45, 2.75) is 49.0 Å². The molecule has 2 aliphatic rings. The topological polar surface area (TPSA) is 163 Å². The minimum Gasteiger partial charge on any atom is -0.394 e. The van der Waals surface area contributed by atoms with Gasteiger partial charge < -0.3 is 45.8 Å². The molecule has 2 fully saturated rings. The summed E-state index contributed by atoms with van der Waals surface area (Å²) in [7, 11) is 0. The Morgan fingerprint density at radius 1 is 1.05 bits per heavy atom. The molecule has 0 aliphatic carbocycles. The van der Waals surface area contributed by atoms with E-state index in [1.54, 1.807) is 0 Å². The van der Waals surface area contributed by atoms with Gasteiger partial charge in [-0.2, -0.15) is 0 Å². The first-order valence-corrected chi connectivity index (χ1v) is 6.46. The van der Waals surface area contributed by atoms with Gasteiger partial charge in [-0.25, -0.2) is 0 Å². The van der Waals surface area contributed by atoms with Gasteiger partial charge in [-0.1, -0.05) is 0 Å². The van der Waals surface area contributed by atoms with Gasteiger partial charge in [-0.3, -0.25) is 0 Å². The third-order valence-corrected chi connectivity index (χ3v) is 4.04. The largest absolute Gasteiger partial charge is 0.394 e. The van der Waals surface area contributed by atoms with Crippen molar-refractivity contribution < 1.29 is 40.5 Å². The predicted molar refractivity (Wildman–Crippen MR) is 63.3 cm³/mol. The number of hydrogen-bond acceptors (Lipinski definition) is 9. The summed E-state index contributed by atoms with van der Waals surface area (Å²) in [5, 5.41) is 70.6. The lowest BCUT2D eigenvalue weighted by molar-refractivity contribution is -0.287. The first-order valence-electron chi connectivity index (χ1n) is 6.46. The Morgan fingerprint density at radius 3 is 2.20 bits per heavy atom. The molecule has 0 radical (unpaired) electrons. The second-order valence-electron chi connectivity index (χ2n) is 5.29. The molecule has 0 aromatic heterocycles. The summed E-state index contributed by atoms with van der Waals surface area (Å²) in [6.07, 6.45) is -9.62. The van der Waals surface area contributed by atoms with Crippen LogP contribution in [0.15, 0.2) is 0 Å². The molecule has 20 heavy (non-hydrogen) atoms. The Morgan fingerprint density at radius 2 is 1.70 bits per heavy atom. The molecule has 9 heteroatoms. The fourth-order valence-electron chi connectivity index (χ4n) is 2.83. The van der Waals surface area contributed by atoms with Gasteiger partial charge in [0.2, 0.25) is 0 Å². The first kappa shape index (κ1) is 16.0. The van der Waals surface area contributed by atoms with Gasteiger partial charge in [0.25, 0.3) is 0 Å². The number of ether oxygens (including phenoxy) is 1. The van der Waals surface area contributed by atoms with Crippen LogP contribution < -0.4 is 5.32 Å². The van der Waals surface area contributed by atoms with Crippen LogP contribution in [0, 0.1) is 5.92 Å². The van der Waals surface area contributed by atoms with Crippen LogP contribution in [0.1, 0.15) is 0 Å². The van der Waals surface area contributed by atoms with Gasteiger partial charge >= 0.3 is 0 Å². The highest BCUT2D eigenvalue weighted by atomic mass is 16.6. The highest BCUT2D eigenvalue weighted by molar-refractivity contribution is 5.02. The van der Waals surface area contributed by atoms with Crippen LogP contribution >= 0.6 is 0 Å². The minimum atomic E-state index is -1.67. The Balaban J connectivity index is 2.15. The van der Waals surface area contributed by atoms with Crippen LogP contribution in [0.3, 0.4) is 0 Å². The van der Waals surface area contributed by atoms with Gasteiger partial charge in [0.05, 0.1) is 37.1 Å². The molecule has 0 amide bonds. The normalized spacial score (nSPS) is 51.1. The number of rotatable bonds is 3. The molecule has 0 aromatic carbocycles. The molecule has 2 heterocycles. The van der Waals surface area contributed by atoms with Crippen molar-refractivity contribution in [3.8, 4) is 0 Å². The van der Waals surface area contributed by atoms with Crippen molar-refractivity contribution in [1.82, 2.24) is 5.32 Å². The predicted octanol–water partition coefficient (Wildman–Crippen LogP) is -4.91. The quantitative estimate of drug-likeness (QED) is 0.255. The second kappa shape index (κ2) is 6.18. The summed E-state index contributed by atoms with van der Waals surface area (Å²) in [5.74, 6) is -1.24. The lowest BCUT2D eigenvalue weighted by atomic mass is 9.81. The molecule has 9 atom stereocenters. The van der Waals surface area contributed by atoms with E-state index in [0.29, 0.717) is 0 Å².